The molecule has 4 rings (SSSR count). The highest BCUT2D eigenvalue weighted by Gasteiger charge is 2.23. The molecule has 30 heavy (non-hydrogen) atoms. The summed E-state index contributed by atoms with van der Waals surface area (Å²) in [6, 6.07) is 9.46. The van der Waals surface area contributed by atoms with Crippen molar-refractivity contribution < 1.29 is 13.6 Å². The van der Waals surface area contributed by atoms with E-state index in [2.05, 4.69) is 4.98 Å². The van der Waals surface area contributed by atoms with Gasteiger partial charge in [0.05, 0.1) is 29.0 Å². The Hall–Kier alpha value is -3.06. The molecule has 2 N–H and O–H groups in total. The SMILES string of the molecule is NC(=O)Cc1cccc(-c2cnc3c(n2)N(Cc2c(F)ccc(F)c2Cl)CCC3)c1. The molecule has 8 heteroatoms. The number of carbonyl (C=O) groups excluding carboxylic acids is 1. The van der Waals surface area contributed by atoms with Crippen LogP contribution in [0.3, 0.4) is 0 Å². The van der Waals surface area contributed by atoms with Crippen molar-refractivity contribution >= 4 is 23.3 Å². The third-order valence-corrected chi connectivity index (χ3v) is 5.47. The van der Waals surface area contributed by atoms with Crippen LogP contribution in [-0.2, 0) is 24.2 Å². The Morgan fingerprint density at radius 1 is 1.20 bits per heavy atom. The maximum atomic E-state index is 14.3. The lowest BCUT2D eigenvalue weighted by Gasteiger charge is -2.30. The molecule has 0 radical (unpaired) electrons. The van der Waals surface area contributed by atoms with Gasteiger partial charge in [-0.3, -0.25) is 9.78 Å². The molecule has 1 aromatic heterocycles. The van der Waals surface area contributed by atoms with E-state index in [0.29, 0.717) is 18.1 Å². The number of carbonyl (C=O) groups is 1. The van der Waals surface area contributed by atoms with Crippen LogP contribution in [-0.4, -0.2) is 22.4 Å². The first-order valence-corrected chi connectivity index (χ1v) is 9.91. The van der Waals surface area contributed by atoms with E-state index in [-0.39, 0.29) is 23.6 Å². The second-order valence-corrected chi connectivity index (χ2v) is 7.59. The van der Waals surface area contributed by atoms with Gasteiger partial charge in [-0.15, -0.1) is 0 Å². The van der Waals surface area contributed by atoms with Crippen molar-refractivity contribution in [1.29, 1.82) is 0 Å². The first kappa shape index (κ1) is 20.2. The highest BCUT2D eigenvalue weighted by Crippen LogP contribution is 2.31. The molecule has 3 aromatic rings. The number of aryl methyl sites for hydroxylation is 1. The van der Waals surface area contributed by atoms with Crippen LogP contribution in [0.2, 0.25) is 5.02 Å². The Morgan fingerprint density at radius 3 is 2.80 bits per heavy atom. The fourth-order valence-electron chi connectivity index (χ4n) is 3.62. The molecule has 2 aromatic carbocycles. The Bertz CT molecular complexity index is 1120. The lowest BCUT2D eigenvalue weighted by atomic mass is 10.0. The maximum Gasteiger partial charge on any atom is 0.221 e. The number of nitrogens with zero attached hydrogens (tertiary/aromatic N) is 3. The third kappa shape index (κ3) is 4.11. The van der Waals surface area contributed by atoms with E-state index in [4.69, 9.17) is 22.3 Å². The average Bonchev–Trinajstić information content (AvgIpc) is 2.73. The van der Waals surface area contributed by atoms with Gasteiger partial charge in [-0.1, -0.05) is 29.8 Å². The molecule has 0 aliphatic carbocycles. The summed E-state index contributed by atoms with van der Waals surface area (Å²) in [5.74, 6) is -1.00. The minimum Gasteiger partial charge on any atom is -0.369 e. The summed E-state index contributed by atoms with van der Waals surface area (Å²) in [6.07, 6.45) is 3.39. The van der Waals surface area contributed by atoms with E-state index in [9.17, 15) is 13.6 Å². The number of rotatable bonds is 5. The quantitative estimate of drug-likeness (QED) is 0.622. The summed E-state index contributed by atoms with van der Waals surface area (Å²) < 4.78 is 28.1. The van der Waals surface area contributed by atoms with Crippen LogP contribution < -0.4 is 10.6 Å². The van der Waals surface area contributed by atoms with Gasteiger partial charge in [0.1, 0.15) is 11.6 Å². The summed E-state index contributed by atoms with van der Waals surface area (Å²) in [5, 5.41) is -0.217. The van der Waals surface area contributed by atoms with Gasteiger partial charge in [-0.25, -0.2) is 13.8 Å². The van der Waals surface area contributed by atoms with Gasteiger partial charge in [-0.05, 0) is 36.6 Å². The van der Waals surface area contributed by atoms with Crippen LogP contribution in [0.25, 0.3) is 11.3 Å². The highest BCUT2D eigenvalue weighted by molar-refractivity contribution is 6.31. The van der Waals surface area contributed by atoms with E-state index in [0.717, 1.165) is 41.8 Å². The van der Waals surface area contributed by atoms with Crippen molar-refractivity contribution in [3.05, 3.63) is 76.1 Å². The number of hydrogen-bond donors (Lipinski definition) is 1. The van der Waals surface area contributed by atoms with Crippen LogP contribution in [0.1, 0.15) is 23.2 Å². The van der Waals surface area contributed by atoms with E-state index in [1.165, 1.54) is 0 Å². The summed E-state index contributed by atoms with van der Waals surface area (Å²) in [4.78, 5) is 22.4. The monoisotopic (exact) mass is 428 g/mol. The van der Waals surface area contributed by atoms with Crippen LogP contribution in [0.4, 0.5) is 14.6 Å². The lowest BCUT2D eigenvalue weighted by Crippen LogP contribution is -2.31. The standard InChI is InChI=1S/C22H19ClF2N4O/c23-21-15(16(24)6-7-17(21)25)12-29-8-2-5-18-22(29)28-19(11-27-18)14-4-1-3-13(9-14)10-20(26)30/h1,3-4,6-7,9,11H,2,5,8,10,12H2,(H2,26,30). The molecule has 5 nitrogen and oxygen atoms in total. The first-order valence-electron chi connectivity index (χ1n) is 9.53. The molecule has 2 heterocycles. The Kier molecular flexibility index (Phi) is 5.63. The molecule has 1 aliphatic rings. The third-order valence-electron chi connectivity index (χ3n) is 5.06. The smallest absolute Gasteiger partial charge is 0.221 e. The van der Waals surface area contributed by atoms with E-state index >= 15 is 0 Å². The van der Waals surface area contributed by atoms with Gasteiger partial charge in [-0.2, -0.15) is 0 Å². The molecular weight excluding hydrogens is 410 g/mol. The molecule has 0 spiro atoms. The maximum absolute atomic E-state index is 14.3. The molecular formula is C22H19ClF2N4O. The van der Waals surface area contributed by atoms with Gasteiger partial charge < -0.3 is 10.6 Å². The average molecular weight is 429 g/mol. The Labute approximate surface area is 177 Å². The molecule has 0 bridgehead atoms. The summed E-state index contributed by atoms with van der Waals surface area (Å²) in [7, 11) is 0. The van der Waals surface area contributed by atoms with Crippen molar-refractivity contribution in [2.75, 3.05) is 11.4 Å². The van der Waals surface area contributed by atoms with Crippen LogP contribution in [0, 0.1) is 11.6 Å². The van der Waals surface area contributed by atoms with Crippen LogP contribution >= 0.6 is 11.6 Å². The lowest BCUT2D eigenvalue weighted by molar-refractivity contribution is -0.117. The van der Waals surface area contributed by atoms with Gasteiger partial charge in [0.15, 0.2) is 5.82 Å². The van der Waals surface area contributed by atoms with Crippen molar-refractivity contribution in [3.8, 4) is 11.3 Å². The summed E-state index contributed by atoms with van der Waals surface area (Å²) in [5.41, 5.74) is 8.39. The molecule has 0 saturated carbocycles. The van der Waals surface area contributed by atoms with E-state index in [1.807, 2.05) is 29.2 Å². The number of fused-ring (bicyclic) bond motifs is 1. The molecule has 0 fully saturated rings. The fourth-order valence-corrected chi connectivity index (χ4v) is 3.83. The van der Waals surface area contributed by atoms with Gasteiger partial charge in [0.2, 0.25) is 5.91 Å². The first-order chi connectivity index (χ1) is 14.4. The zero-order valence-corrected chi connectivity index (χ0v) is 16.8. The normalized spacial score (nSPS) is 13.2. The second kappa shape index (κ2) is 8.36. The van der Waals surface area contributed by atoms with Gasteiger partial charge in [0.25, 0.3) is 0 Å². The number of halogens is 3. The number of anilines is 1. The molecule has 154 valence electrons. The second-order valence-electron chi connectivity index (χ2n) is 7.22. The van der Waals surface area contributed by atoms with E-state index < -0.39 is 17.5 Å². The molecule has 1 aliphatic heterocycles. The van der Waals surface area contributed by atoms with Crippen LogP contribution in [0.15, 0.2) is 42.6 Å². The summed E-state index contributed by atoms with van der Waals surface area (Å²) >= 11 is 6.02. The van der Waals surface area contributed by atoms with Crippen LogP contribution in [0.5, 0.6) is 0 Å². The largest absolute Gasteiger partial charge is 0.369 e. The van der Waals surface area contributed by atoms with Crippen molar-refractivity contribution in [2.45, 2.75) is 25.8 Å². The number of nitrogens with two attached hydrogens (primary N) is 1. The topological polar surface area (TPSA) is 72.1 Å². The molecule has 1 amide bonds. The number of primary amides is 1. The van der Waals surface area contributed by atoms with Gasteiger partial charge >= 0.3 is 0 Å². The number of benzene rings is 2. The van der Waals surface area contributed by atoms with Crippen molar-refractivity contribution in [3.63, 3.8) is 0 Å². The number of hydrogen-bond acceptors (Lipinski definition) is 4. The minimum atomic E-state index is -0.656. The van der Waals surface area contributed by atoms with E-state index in [1.54, 1.807) is 6.20 Å². The van der Waals surface area contributed by atoms with Gasteiger partial charge in [0, 0.05) is 24.2 Å². The Balaban J connectivity index is 1.69. The highest BCUT2D eigenvalue weighted by atomic mass is 35.5. The minimum absolute atomic E-state index is 0.0925. The predicted octanol–water partition coefficient (Wildman–Crippen LogP) is 4.06. The van der Waals surface area contributed by atoms with Crippen molar-refractivity contribution in [1.82, 2.24) is 9.97 Å². The van der Waals surface area contributed by atoms with Crippen molar-refractivity contribution in [2.24, 2.45) is 5.73 Å². The summed E-state index contributed by atoms with van der Waals surface area (Å²) in [6.45, 7) is 0.717. The predicted molar refractivity (Wildman–Crippen MR) is 111 cm³/mol. The number of aromatic nitrogens is 2. The number of amides is 1. The molecule has 0 atom stereocenters. The zero-order chi connectivity index (χ0) is 21.3. The Morgan fingerprint density at radius 2 is 2.00 bits per heavy atom. The molecule has 0 unspecified atom stereocenters. The zero-order valence-electron chi connectivity index (χ0n) is 16.0. The fraction of sp³-hybridized carbons (Fsp3) is 0.227. The molecule has 0 saturated heterocycles.